The zero-order valence-corrected chi connectivity index (χ0v) is 9.78. The van der Waals surface area contributed by atoms with E-state index in [1.807, 2.05) is 6.92 Å². The van der Waals surface area contributed by atoms with Crippen LogP contribution in [0.4, 0.5) is 5.69 Å². The Hall–Kier alpha value is -0.680. The predicted octanol–water partition coefficient (Wildman–Crippen LogP) is 1.78. The van der Waals surface area contributed by atoms with Crippen molar-refractivity contribution in [1.82, 2.24) is 0 Å². The highest BCUT2D eigenvalue weighted by Crippen LogP contribution is 2.26. The molecule has 0 saturated carbocycles. The summed E-state index contributed by atoms with van der Waals surface area (Å²) in [7, 11) is -3.15. The van der Waals surface area contributed by atoms with Crippen LogP contribution in [0.2, 0.25) is 0 Å². The molecule has 0 heterocycles. The molecule has 0 amide bonds. The van der Waals surface area contributed by atoms with Crippen molar-refractivity contribution in [2.45, 2.75) is 16.7 Å². The highest BCUT2D eigenvalue weighted by molar-refractivity contribution is 7.99. The van der Waals surface area contributed by atoms with E-state index in [9.17, 15) is 8.42 Å². The summed E-state index contributed by atoms with van der Waals surface area (Å²) in [5.74, 6) is 0.919. The number of benzene rings is 1. The number of hydrogen-bond acceptors (Lipinski definition) is 4. The van der Waals surface area contributed by atoms with E-state index >= 15 is 0 Å². The first kappa shape index (κ1) is 11.4. The van der Waals surface area contributed by atoms with E-state index in [2.05, 4.69) is 0 Å². The predicted molar refractivity (Wildman–Crippen MR) is 60.4 cm³/mol. The molecule has 0 aliphatic carbocycles. The summed E-state index contributed by atoms with van der Waals surface area (Å²) in [5, 5.41) is 0. The number of thioether (sulfide) groups is 1. The first-order valence-electron chi connectivity index (χ1n) is 4.17. The summed E-state index contributed by atoms with van der Waals surface area (Å²) in [5.41, 5.74) is 6.25. The maximum absolute atomic E-state index is 11.2. The molecular weight excluding hydrogens is 218 g/mol. The van der Waals surface area contributed by atoms with Crippen LogP contribution in [-0.4, -0.2) is 20.4 Å². The van der Waals surface area contributed by atoms with E-state index in [1.54, 1.807) is 23.9 Å². The fraction of sp³-hybridized carbons (Fsp3) is 0.333. The van der Waals surface area contributed by atoms with Crippen LogP contribution in [0.1, 0.15) is 6.92 Å². The van der Waals surface area contributed by atoms with E-state index in [4.69, 9.17) is 5.73 Å². The summed E-state index contributed by atoms with van der Waals surface area (Å²) in [4.78, 5) is 1.20. The van der Waals surface area contributed by atoms with Gasteiger partial charge < -0.3 is 5.73 Å². The van der Waals surface area contributed by atoms with Crippen LogP contribution in [0, 0.1) is 0 Å². The molecule has 0 atom stereocenters. The van der Waals surface area contributed by atoms with Gasteiger partial charge in [-0.3, -0.25) is 0 Å². The van der Waals surface area contributed by atoms with E-state index in [-0.39, 0.29) is 4.90 Å². The molecule has 0 aliphatic rings. The third kappa shape index (κ3) is 2.65. The highest BCUT2D eigenvalue weighted by Gasteiger charge is 2.08. The monoisotopic (exact) mass is 231 g/mol. The van der Waals surface area contributed by atoms with Gasteiger partial charge in [-0.25, -0.2) is 8.42 Å². The molecular formula is C9H13NO2S2. The van der Waals surface area contributed by atoms with Crippen molar-refractivity contribution in [2.75, 3.05) is 17.7 Å². The van der Waals surface area contributed by atoms with Crippen LogP contribution >= 0.6 is 11.8 Å². The molecule has 0 saturated heterocycles. The standard InChI is InChI=1S/C9H13NO2S2/c1-3-13-9-5-4-7(6-8(9)10)14(2,11)12/h4-6H,3,10H2,1-2H3. The second-order valence-corrected chi connectivity index (χ2v) is 6.23. The van der Waals surface area contributed by atoms with Crippen molar-refractivity contribution in [3.63, 3.8) is 0 Å². The number of rotatable bonds is 3. The maximum atomic E-state index is 11.2. The molecule has 1 rings (SSSR count). The lowest BCUT2D eigenvalue weighted by molar-refractivity contribution is 0.602. The van der Waals surface area contributed by atoms with Gasteiger partial charge in [0.25, 0.3) is 0 Å². The Morgan fingerprint density at radius 1 is 1.43 bits per heavy atom. The first-order valence-corrected chi connectivity index (χ1v) is 7.05. The fourth-order valence-electron chi connectivity index (χ4n) is 1.04. The average Bonchev–Trinajstić information content (AvgIpc) is 2.07. The zero-order valence-electron chi connectivity index (χ0n) is 8.15. The lowest BCUT2D eigenvalue weighted by Gasteiger charge is -2.05. The Bertz CT molecular complexity index is 426. The Morgan fingerprint density at radius 2 is 2.07 bits per heavy atom. The van der Waals surface area contributed by atoms with Gasteiger partial charge >= 0.3 is 0 Å². The van der Waals surface area contributed by atoms with Crippen LogP contribution < -0.4 is 5.73 Å². The quantitative estimate of drug-likeness (QED) is 0.636. The lowest BCUT2D eigenvalue weighted by atomic mass is 10.3. The lowest BCUT2D eigenvalue weighted by Crippen LogP contribution is -1.99. The van der Waals surface area contributed by atoms with Crippen LogP contribution in [-0.2, 0) is 9.84 Å². The molecule has 0 aliphatic heterocycles. The summed E-state index contributed by atoms with van der Waals surface area (Å²) in [6, 6.07) is 4.84. The molecule has 0 radical (unpaired) electrons. The highest BCUT2D eigenvalue weighted by atomic mass is 32.2. The molecule has 14 heavy (non-hydrogen) atoms. The normalized spacial score (nSPS) is 11.6. The average molecular weight is 231 g/mol. The summed E-state index contributed by atoms with van der Waals surface area (Å²) in [6.45, 7) is 2.02. The van der Waals surface area contributed by atoms with Crippen LogP contribution in [0.15, 0.2) is 28.0 Å². The Kier molecular flexibility index (Phi) is 3.44. The van der Waals surface area contributed by atoms with Gasteiger partial charge in [0.1, 0.15) is 0 Å². The zero-order chi connectivity index (χ0) is 10.8. The van der Waals surface area contributed by atoms with E-state index < -0.39 is 9.84 Å². The van der Waals surface area contributed by atoms with Crippen molar-refractivity contribution in [3.8, 4) is 0 Å². The minimum atomic E-state index is -3.15. The Labute approximate surface area is 88.6 Å². The van der Waals surface area contributed by atoms with Gasteiger partial charge in [0, 0.05) is 16.8 Å². The SMILES string of the molecule is CCSc1ccc(S(C)(=O)=O)cc1N. The number of nitrogens with two attached hydrogens (primary N) is 1. The Morgan fingerprint density at radius 3 is 2.50 bits per heavy atom. The molecule has 5 heteroatoms. The number of sulfone groups is 1. The minimum Gasteiger partial charge on any atom is -0.398 e. The molecule has 1 aromatic rings. The third-order valence-corrected chi connectivity index (χ3v) is 3.79. The fourth-order valence-corrected chi connectivity index (χ4v) is 2.40. The molecule has 0 spiro atoms. The molecule has 0 fully saturated rings. The van der Waals surface area contributed by atoms with Gasteiger partial charge in [0.2, 0.25) is 0 Å². The third-order valence-electron chi connectivity index (χ3n) is 1.71. The molecule has 0 unspecified atom stereocenters. The number of nitrogen functional groups attached to an aromatic ring is 1. The largest absolute Gasteiger partial charge is 0.398 e. The van der Waals surface area contributed by atoms with Gasteiger partial charge in [-0.2, -0.15) is 0 Å². The van der Waals surface area contributed by atoms with Crippen molar-refractivity contribution in [3.05, 3.63) is 18.2 Å². The van der Waals surface area contributed by atoms with Crippen molar-refractivity contribution in [1.29, 1.82) is 0 Å². The molecule has 1 aromatic carbocycles. The molecule has 78 valence electrons. The van der Waals surface area contributed by atoms with Gasteiger partial charge in [0.15, 0.2) is 9.84 Å². The molecule has 2 N–H and O–H groups in total. The minimum absolute atomic E-state index is 0.274. The first-order chi connectivity index (χ1) is 6.45. The maximum Gasteiger partial charge on any atom is 0.175 e. The van der Waals surface area contributed by atoms with E-state index in [0.29, 0.717) is 5.69 Å². The van der Waals surface area contributed by atoms with E-state index in [1.165, 1.54) is 12.3 Å². The molecule has 3 nitrogen and oxygen atoms in total. The summed E-state index contributed by atoms with van der Waals surface area (Å²) >= 11 is 1.60. The topological polar surface area (TPSA) is 60.2 Å². The van der Waals surface area contributed by atoms with Gasteiger partial charge in [-0.15, -0.1) is 11.8 Å². The van der Waals surface area contributed by atoms with Crippen LogP contribution in [0.5, 0.6) is 0 Å². The van der Waals surface area contributed by atoms with Crippen molar-refractivity contribution in [2.24, 2.45) is 0 Å². The van der Waals surface area contributed by atoms with Gasteiger partial charge in [-0.1, -0.05) is 6.92 Å². The Balaban J connectivity index is 3.13. The molecule has 0 bridgehead atoms. The number of anilines is 1. The smallest absolute Gasteiger partial charge is 0.175 e. The second-order valence-electron chi connectivity index (χ2n) is 2.90. The summed E-state index contributed by atoms with van der Waals surface area (Å²) in [6.07, 6.45) is 1.18. The van der Waals surface area contributed by atoms with Crippen molar-refractivity contribution < 1.29 is 8.42 Å². The van der Waals surface area contributed by atoms with Gasteiger partial charge in [0.05, 0.1) is 4.90 Å². The second kappa shape index (κ2) is 4.23. The molecule has 0 aromatic heterocycles. The number of hydrogen-bond donors (Lipinski definition) is 1. The van der Waals surface area contributed by atoms with Gasteiger partial charge in [-0.05, 0) is 24.0 Å². The van der Waals surface area contributed by atoms with Crippen LogP contribution in [0.25, 0.3) is 0 Å². The van der Waals surface area contributed by atoms with E-state index in [0.717, 1.165) is 10.6 Å². The summed E-state index contributed by atoms with van der Waals surface area (Å²) < 4.78 is 22.4. The van der Waals surface area contributed by atoms with Crippen molar-refractivity contribution >= 4 is 27.3 Å². The van der Waals surface area contributed by atoms with Crippen LogP contribution in [0.3, 0.4) is 0 Å².